The van der Waals surface area contributed by atoms with E-state index in [0.29, 0.717) is 4.60 Å². The van der Waals surface area contributed by atoms with Gasteiger partial charge in [0.15, 0.2) is 0 Å². The van der Waals surface area contributed by atoms with Gasteiger partial charge in [0.2, 0.25) is 0 Å². The fourth-order valence-corrected chi connectivity index (χ4v) is 1.94. The molecule has 2 rings (SSSR count). The first-order chi connectivity index (χ1) is 7.48. The Morgan fingerprint density at radius 3 is 2.81 bits per heavy atom. The smallest absolute Gasteiger partial charge is 0.272 e. The molecule has 1 fully saturated rings. The minimum atomic E-state index is -2.76. The van der Waals surface area contributed by atoms with Gasteiger partial charge in [-0.1, -0.05) is 6.07 Å². The van der Waals surface area contributed by atoms with Crippen LogP contribution < -0.4 is 0 Å². The molecule has 1 aliphatic rings. The van der Waals surface area contributed by atoms with E-state index in [2.05, 4.69) is 20.9 Å². The summed E-state index contributed by atoms with van der Waals surface area (Å²) in [6.07, 6.45) is -0.271. The van der Waals surface area contributed by atoms with Crippen molar-refractivity contribution >= 4 is 21.8 Å². The molecule has 3 nitrogen and oxygen atoms in total. The lowest BCUT2D eigenvalue weighted by molar-refractivity contribution is 0.0119. The summed E-state index contributed by atoms with van der Waals surface area (Å²) in [5.74, 6) is -3.21. The maximum absolute atomic E-state index is 12.9. The standard InChI is InChI=1S/C10H9BrF2N2O/c11-8-3-1-2-7(14-8)9(16)15-5-4-10(12,13)6-15/h1-3H,4-6H2. The van der Waals surface area contributed by atoms with Crippen LogP contribution in [0.1, 0.15) is 16.9 Å². The van der Waals surface area contributed by atoms with Crippen LogP contribution in [0, 0.1) is 0 Å². The topological polar surface area (TPSA) is 33.2 Å². The molecule has 0 atom stereocenters. The third-order valence-corrected chi connectivity index (χ3v) is 2.83. The van der Waals surface area contributed by atoms with E-state index < -0.39 is 18.4 Å². The SMILES string of the molecule is O=C(c1cccc(Br)n1)N1CCC(F)(F)C1. The van der Waals surface area contributed by atoms with E-state index >= 15 is 0 Å². The first-order valence-corrected chi connectivity index (χ1v) is 5.57. The number of likely N-dealkylation sites (tertiary alicyclic amines) is 1. The highest BCUT2D eigenvalue weighted by Crippen LogP contribution is 2.27. The van der Waals surface area contributed by atoms with Crippen molar-refractivity contribution in [2.24, 2.45) is 0 Å². The van der Waals surface area contributed by atoms with E-state index in [-0.39, 0.29) is 18.7 Å². The third-order valence-electron chi connectivity index (χ3n) is 2.39. The van der Waals surface area contributed by atoms with Crippen LogP contribution in [-0.4, -0.2) is 34.8 Å². The quantitative estimate of drug-likeness (QED) is 0.744. The molecule has 1 aliphatic heterocycles. The number of pyridine rings is 1. The summed E-state index contributed by atoms with van der Waals surface area (Å²) in [7, 11) is 0. The van der Waals surface area contributed by atoms with Gasteiger partial charge in [-0.05, 0) is 28.1 Å². The average Bonchev–Trinajstić information content (AvgIpc) is 2.58. The van der Waals surface area contributed by atoms with Crippen molar-refractivity contribution in [1.82, 2.24) is 9.88 Å². The highest BCUT2D eigenvalue weighted by Gasteiger charge is 2.40. The number of carbonyl (C=O) groups is 1. The molecular weight excluding hydrogens is 282 g/mol. The maximum Gasteiger partial charge on any atom is 0.272 e. The van der Waals surface area contributed by atoms with Crippen LogP contribution in [0.4, 0.5) is 8.78 Å². The molecule has 0 aromatic carbocycles. The molecule has 0 bridgehead atoms. The number of aromatic nitrogens is 1. The van der Waals surface area contributed by atoms with E-state index in [1.54, 1.807) is 12.1 Å². The lowest BCUT2D eigenvalue weighted by Gasteiger charge is -2.15. The largest absolute Gasteiger partial charge is 0.331 e. The molecule has 1 aromatic rings. The van der Waals surface area contributed by atoms with Gasteiger partial charge in [0, 0.05) is 13.0 Å². The Balaban J connectivity index is 2.15. The molecule has 2 heterocycles. The number of alkyl halides is 2. The van der Waals surface area contributed by atoms with Crippen LogP contribution in [0.15, 0.2) is 22.8 Å². The van der Waals surface area contributed by atoms with E-state index in [1.165, 1.54) is 6.07 Å². The minimum absolute atomic E-state index is 0.0834. The van der Waals surface area contributed by atoms with Gasteiger partial charge in [0.05, 0.1) is 6.54 Å². The van der Waals surface area contributed by atoms with Crippen LogP contribution in [0.2, 0.25) is 0 Å². The van der Waals surface area contributed by atoms with Crippen molar-refractivity contribution < 1.29 is 13.6 Å². The molecular formula is C10H9BrF2N2O. The second-order valence-electron chi connectivity index (χ2n) is 3.68. The highest BCUT2D eigenvalue weighted by molar-refractivity contribution is 9.10. The van der Waals surface area contributed by atoms with Gasteiger partial charge in [-0.3, -0.25) is 4.79 Å². The number of hydrogen-bond donors (Lipinski definition) is 0. The Labute approximate surface area is 99.6 Å². The molecule has 16 heavy (non-hydrogen) atoms. The maximum atomic E-state index is 12.9. The summed E-state index contributed by atoms with van der Waals surface area (Å²) < 4.78 is 26.4. The fraction of sp³-hybridized carbons (Fsp3) is 0.400. The molecule has 6 heteroatoms. The molecule has 0 unspecified atom stereocenters. The number of carbonyl (C=O) groups excluding carboxylic acids is 1. The predicted octanol–water partition coefficient (Wildman–Crippen LogP) is 2.33. The summed E-state index contributed by atoms with van der Waals surface area (Å²) in [6, 6.07) is 4.84. The van der Waals surface area contributed by atoms with Gasteiger partial charge in [-0.15, -0.1) is 0 Å². The van der Waals surface area contributed by atoms with Gasteiger partial charge in [0.25, 0.3) is 11.8 Å². The summed E-state index contributed by atoms with van der Waals surface area (Å²) in [5, 5.41) is 0. The van der Waals surface area contributed by atoms with Crippen LogP contribution >= 0.6 is 15.9 Å². The second kappa shape index (κ2) is 4.08. The molecule has 86 valence electrons. The zero-order valence-corrected chi connectivity index (χ0v) is 9.88. The number of nitrogens with zero attached hydrogens (tertiary/aromatic N) is 2. The van der Waals surface area contributed by atoms with Crippen LogP contribution in [0.3, 0.4) is 0 Å². The molecule has 0 aliphatic carbocycles. The highest BCUT2D eigenvalue weighted by atomic mass is 79.9. The van der Waals surface area contributed by atoms with E-state index in [9.17, 15) is 13.6 Å². The van der Waals surface area contributed by atoms with Gasteiger partial charge >= 0.3 is 0 Å². The van der Waals surface area contributed by atoms with Crippen LogP contribution in [0.5, 0.6) is 0 Å². The first-order valence-electron chi connectivity index (χ1n) is 4.78. The van der Waals surface area contributed by atoms with Crippen molar-refractivity contribution in [3.8, 4) is 0 Å². The lowest BCUT2D eigenvalue weighted by Crippen LogP contribution is -2.31. The van der Waals surface area contributed by atoms with Crippen molar-refractivity contribution in [3.63, 3.8) is 0 Å². The number of amides is 1. The monoisotopic (exact) mass is 290 g/mol. The zero-order valence-electron chi connectivity index (χ0n) is 8.29. The Morgan fingerprint density at radius 1 is 1.50 bits per heavy atom. The molecule has 0 N–H and O–H groups in total. The number of hydrogen-bond acceptors (Lipinski definition) is 2. The molecule has 1 saturated heterocycles. The molecule has 1 aromatic heterocycles. The number of halogens is 3. The van der Waals surface area contributed by atoms with Gasteiger partial charge in [-0.25, -0.2) is 13.8 Å². The molecule has 1 amide bonds. The Hall–Kier alpha value is -1.04. The molecule has 0 spiro atoms. The van der Waals surface area contributed by atoms with Gasteiger partial charge in [0.1, 0.15) is 10.3 Å². The Morgan fingerprint density at radius 2 is 2.25 bits per heavy atom. The predicted molar refractivity (Wildman–Crippen MR) is 57.4 cm³/mol. The van der Waals surface area contributed by atoms with Crippen LogP contribution in [-0.2, 0) is 0 Å². The van der Waals surface area contributed by atoms with Crippen molar-refractivity contribution in [2.75, 3.05) is 13.1 Å². The normalized spacial score (nSPS) is 18.8. The molecule has 0 radical (unpaired) electrons. The Bertz CT molecular complexity index is 425. The van der Waals surface area contributed by atoms with E-state index in [0.717, 1.165) is 4.90 Å². The van der Waals surface area contributed by atoms with Gasteiger partial charge < -0.3 is 4.90 Å². The van der Waals surface area contributed by atoms with Crippen molar-refractivity contribution in [1.29, 1.82) is 0 Å². The van der Waals surface area contributed by atoms with Crippen molar-refractivity contribution in [3.05, 3.63) is 28.5 Å². The summed E-state index contributed by atoms with van der Waals surface area (Å²) in [6.45, 7) is -0.431. The number of rotatable bonds is 1. The minimum Gasteiger partial charge on any atom is -0.331 e. The van der Waals surface area contributed by atoms with Gasteiger partial charge in [-0.2, -0.15) is 0 Å². The van der Waals surface area contributed by atoms with Crippen LogP contribution in [0.25, 0.3) is 0 Å². The summed E-state index contributed by atoms with van der Waals surface area (Å²) in [4.78, 5) is 16.9. The first kappa shape index (κ1) is 11.4. The van der Waals surface area contributed by atoms with E-state index in [1.807, 2.05) is 0 Å². The second-order valence-corrected chi connectivity index (χ2v) is 4.49. The third kappa shape index (κ3) is 2.37. The summed E-state index contributed by atoms with van der Waals surface area (Å²) >= 11 is 3.13. The fourth-order valence-electron chi connectivity index (χ4n) is 1.60. The Kier molecular flexibility index (Phi) is 2.92. The van der Waals surface area contributed by atoms with E-state index in [4.69, 9.17) is 0 Å². The zero-order chi connectivity index (χ0) is 11.8. The van der Waals surface area contributed by atoms with Crippen molar-refractivity contribution in [2.45, 2.75) is 12.3 Å². The lowest BCUT2D eigenvalue weighted by atomic mass is 10.3. The summed E-state index contributed by atoms with van der Waals surface area (Å²) in [5.41, 5.74) is 0.187. The average molecular weight is 291 g/mol. The molecule has 0 saturated carbocycles.